The Morgan fingerprint density at radius 3 is 2.11 bits per heavy atom. The smallest absolute Gasteiger partial charge is 0.373 e. The zero-order valence-corrected chi connectivity index (χ0v) is 15.4. The lowest BCUT2D eigenvalue weighted by atomic mass is 10.00. The van der Waals surface area contributed by atoms with E-state index in [1.54, 1.807) is 54.6 Å². The van der Waals surface area contributed by atoms with Crippen LogP contribution < -0.4 is 0 Å². The molecular weight excluding hydrogens is 372 g/mol. The second-order valence-corrected chi connectivity index (χ2v) is 5.74. The predicted molar refractivity (Wildman–Crippen MR) is 98.2 cm³/mol. The van der Waals surface area contributed by atoms with E-state index in [4.69, 9.17) is 16.3 Å². The van der Waals surface area contributed by atoms with Gasteiger partial charge in [-0.15, -0.1) is 0 Å². The Kier molecular flexibility index (Phi) is 7.14. The van der Waals surface area contributed by atoms with Crippen molar-refractivity contribution in [1.29, 1.82) is 0 Å². The van der Waals surface area contributed by atoms with E-state index in [2.05, 4.69) is 9.47 Å². The number of hydrogen-bond acceptors (Lipinski definition) is 6. The van der Waals surface area contributed by atoms with Crippen molar-refractivity contribution in [3.05, 3.63) is 82.6 Å². The van der Waals surface area contributed by atoms with Gasteiger partial charge in [0.2, 0.25) is 11.5 Å². The summed E-state index contributed by atoms with van der Waals surface area (Å²) in [5.74, 6) is -2.59. The Morgan fingerprint density at radius 2 is 1.56 bits per heavy atom. The van der Waals surface area contributed by atoms with E-state index in [-0.39, 0.29) is 0 Å². The molecule has 1 atom stereocenters. The number of ketones is 1. The van der Waals surface area contributed by atoms with Crippen LogP contribution in [0.3, 0.4) is 0 Å². The molecular formula is C20H17ClO6. The molecule has 6 nitrogen and oxygen atoms in total. The van der Waals surface area contributed by atoms with Crippen molar-refractivity contribution in [1.82, 2.24) is 0 Å². The summed E-state index contributed by atoms with van der Waals surface area (Å²) in [4.78, 5) is 36.5. The molecule has 1 unspecified atom stereocenters. The summed E-state index contributed by atoms with van der Waals surface area (Å²) in [6.45, 7) is 0. The van der Waals surface area contributed by atoms with Gasteiger partial charge in [0, 0.05) is 16.1 Å². The number of halogens is 1. The highest BCUT2D eigenvalue weighted by Crippen LogP contribution is 2.26. The fourth-order valence-corrected chi connectivity index (χ4v) is 2.33. The molecule has 0 saturated heterocycles. The van der Waals surface area contributed by atoms with E-state index in [0.29, 0.717) is 16.1 Å². The summed E-state index contributed by atoms with van der Waals surface area (Å²) >= 11 is 5.87. The highest BCUT2D eigenvalue weighted by molar-refractivity contribution is 6.30. The average Bonchev–Trinajstić information content (AvgIpc) is 2.70. The monoisotopic (exact) mass is 388 g/mol. The van der Waals surface area contributed by atoms with Crippen LogP contribution in [0.25, 0.3) is 0 Å². The van der Waals surface area contributed by atoms with Gasteiger partial charge in [-0.3, -0.25) is 4.79 Å². The molecule has 0 aliphatic carbocycles. The summed E-state index contributed by atoms with van der Waals surface area (Å²) in [6, 6.07) is 14.8. The molecule has 0 aliphatic heterocycles. The van der Waals surface area contributed by atoms with Crippen molar-refractivity contribution in [3.63, 3.8) is 0 Å². The second kappa shape index (κ2) is 9.54. The summed E-state index contributed by atoms with van der Waals surface area (Å²) in [7, 11) is 2.29. The van der Waals surface area contributed by atoms with Crippen LogP contribution in [0, 0.1) is 0 Å². The standard InChI is InChI=1S/C20H17ClO6/c1-25-17(22)12-16(20(24)26-2)27-19(14-6-4-3-5-7-14)18(23)13-8-10-15(21)11-9-13/h3-12,19H,1-2H3/b16-12+. The molecule has 27 heavy (non-hydrogen) atoms. The molecule has 0 N–H and O–H groups in total. The second-order valence-electron chi connectivity index (χ2n) is 5.30. The van der Waals surface area contributed by atoms with Gasteiger partial charge in [0.15, 0.2) is 6.10 Å². The summed E-state index contributed by atoms with van der Waals surface area (Å²) < 4.78 is 14.8. The largest absolute Gasteiger partial charge is 0.470 e. The average molecular weight is 389 g/mol. The van der Waals surface area contributed by atoms with Crippen molar-refractivity contribution < 1.29 is 28.6 Å². The Balaban J connectivity index is 2.44. The lowest BCUT2D eigenvalue weighted by molar-refractivity contribution is -0.142. The lowest BCUT2D eigenvalue weighted by Gasteiger charge is -2.19. The first kappa shape index (κ1) is 20.2. The zero-order valence-electron chi connectivity index (χ0n) is 14.7. The van der Waals surface area contributed by atoms with Crippen molar-refractivity contribution in [2.24, 2.45) is 0 Å². The topological polar surface area (TPSA) is 78.9 Å². The molecule has 0 fully saturated rings. The van der Waals surface area contributed by atoms with Crippen molar-refractivity contribution >= 4 is 29.3 Å². The van der Waals surface area contributed by atoms with Crippen LogP contribution >= 0.6 is 11.6 Å². The number of benzene rings is 2. The Bertz CT molecular complexity index is 843. The Morgan fingerprint density at radius 1 is 0.926 bits per heavy atom. The molecule has 0 bridgehead atoms. The quantitative estimate of drug-likeness (QED) is 0.312. The van der Waals surface area contributed by atoms with E-state index >= 15 is 0 Å². The third-order valence-electron chi connectivity index (χ3n) is 3.55. The molecule has 0 amide bonds. The van der Waals surface area contributed by atoms with Crippen molar-refractivity contribution in [3.8, 4) is 0 Å². The number of Topliss-reactive ketones (excluding diaryl/α,β-unsaturated/α-hetero) is 1. The van der Waals surface area contributed by atoms with E-state index < -0.39 is 29.6 Å². The van der Waals surface area contributed by atoms with E-state index in [0.717, 1.165) is 20.3 Å². The molecule has 0 radical (unpaired) electrons. The molecule has 0 heterocycles. The number of rotatable bonds is 7. The fraction of sp³-hybridized carbons (Fsp3) is 0.150. The molecule has 0 spiro atoms. The van der Waals surface area contributed by atoms with E-state index in [1.165, 1.54) is 0 Å². The number of carbonyl (C=O) groups excluding carboxylic acids is 3. The third-order valence-corrected chi connectivity index (χ3v) is 3.80. The number of esters is 2. The summed E-state index contributed by atoms with van der Waals surface area (Å²) in [5.41, 5.74) is 0.827. The molecule has 7 heteroatoms. The Labute approximate surface area is 161 Å². The molecule has 0 aliphatic rings. The van der Waals surface area contributed by atoms with Crippen LogP contribution in [0.5, 0.6) is 0 Å². The molecule has 140 valence electrons. The van der Waals surface area contributed by atoms with Gasteiger partial charge in [0.1, 0.15) is 0 Å². The number of carbonyl (C=O) groups is 3. The maximum atomic E-state index is 13.0. The van der Waals surface area contributed by atoms with Crippen LogP contribution in [-0.2, 0) is 23.8 Å². The number of hydrogen-bond donors (Lipinski definition) is 0. The van der Waals surface area contributed by atoms with Crippen LogP contribution in [-0.4, -0.2) is 31.9 Å². The van der Waals surface area contributed by atoms with Gasteiger partial charge < -0.3 is 14.2 Å². The highest BCUT2D eigenvalue weighted by atomic mass is 35.5. The molecule has 0 aromatic heterocycles. The van der Waals surface area contributed by atoms with E-state index in [1.807, 2.05) is 0 Å². The highest BCUT2D eigenvalue weighted by Gasteiger charge is 2.28. The normalized spacial score (nSPS) is 12.0. The molecule has 2 aromatic rings. The Hall–Kier alpha value is -3.12. The third kappa shape index (κ3) is 5.43. The van der Waals surface area contributed by atoms with Crippen LogP contribution in [0.1, 0.15) is 22.0 Å². The van der Waals surface area contributed by atoms with Gasteiger partial charge >= 0.3 is 11.9 Å². The van der Waals surface area contributed by atoms with Gasteiger partial charge in [-0.1, -0.05) is 41.9 Å². The predicted octanol–water partition coefficient (Wildman–Crippen LogP) is 3.51. The van der Waals surface area contributed by atoms with Gasteiger partial charge in [0.25, 0.3) is 0 Å². The van der Waals surface area contributed by atoms with Crippen LogP contribution in [0.2, 0.25) is 5.02 Å². The first-order chi connectivity index (χ1) is 13.0. The summed E-state index contributed by atoms with van der Waals surface area (Å²) in [6.07, 6.45) is -0.348. The first-order valence-electron chi connectivity index (χ1n) is 7.85. The first-order valence-corrected chi connectivity index (χ1v) is 8.23. The van der Waals surface area contributed by atoms with Crippen molar-refractivity contribution in [2.45, 2.75) is 6.10 Å². The van der Waals surface area contributed by atoms with Crippen molar-refractivity contribution in [2.75, 3.05) is 14.2 Å². The number of ether oxygens (including phenoxy) is 3. The van der Waals surface area contributed by atoms with E-state index in [9.17, 15) is 14.4 Å². The molecule has 2 aromatic carbocycles. The lowest BCUT2D eigenvalue weighted by Crippen LogP contribution is -2.20. The minimum Gasteiger partial charge on any atom is -0.470 e. The van der Waals surface area contributed by atoms with Crippen LogP contribution in [0.4, 0.5) is 0 Å². The van der Waals surface area contributed by atoms with Gasteiger partial charge in [-0.05, 0) is 24.3 Å². The molecule has 2 rings (SSSR count). The number of methoxy groups -OCH3 is 2. The summed E-state index contributed by atoms with van der Waals surface area (Å²) in [5, 5.41) is 0.476. The van der Waals surface area contributed by atoms with Gasteiger partial charge in [-0.2, -0.15) is 0 Å². The van der Waals surface area contributed by atoms with Gasteiger partial charge in [0.05, 0.1) is 20.3 Å². The SMILES string of the molecule is COC(=O)/C=C(/OC(C(=O)c1ccc(Cl)cc1)c1ccccc1)C(=O)OC. The molecule has 0 saturated carbocycles. The van der Waals surface area contributed by atoms with Gasteiger partial charge in [-0.25, -0.2) is 9.59 Å². The fourth-order valence-electron chi connectivity index (χ4n) is 2.20. The van der Waals surface area contributed by atoms with Crippen LogP contribution in [0.15, 0.2) is 66.4 Å². The minimum atomic E-state index is -1.18. The zero-order chi connectivity index (χ0) is 19.8. The minimum absolute atomic E-state index is 0.329. The maximum absolute atomic E-state index is 13.0. The maximum Gasteiger partial charge on any atom is 0.373 e.